The minimum absolute atomic E-state index is 0.0519. The molecule has 2 aromatic heterocycles. The third kappa shape index (κ3) is 4.24. The van der Waals surface area contributed by atoms with Crippen LogP contribution >= 0.6 is 22.9 Å². The Morgan fingerprint density at radius 2 is 2.12 bits per heavy atom. The van der Waals surface area contributed by atoms with Crippen molar-refractivity contribution in [1.29, 1.82) is 0 Å². The number of amides is 1. The van der Waals surface area contributed by atoms with Crippen molar-refractivity contribution >= 4 is 34.7 Å². The lowest BCUT2D eigenvalue weighted by Gasteiger charge is -2.07. The number of nitrogens with one attached hydrogen (secondary N) is 1. The van der Waals surface area contributed by atoms with E-state index in [2.05, 4.69) is 14.9 Å². The molecule has 9 heteroatoms. The second-order valence-corrected chi connectivity index (χ2v) is 6.75. The van der Waals surface area contributed by atoms with E-state index in [1.165, 1.54) is 18.4 Å². The van der Waals surface area contributed by atoms with Crippen molar-refractivity contribution in [3.63, 3.8) is 0 Å². The fourth-order valence-electron chi connectivity index (χ4n) is 2.14. The number of hydrogen-bond donors (Lipinski definition) is 1. The second kappa shape index (κ2) is 8.54. The molecule has 0 bridgehead atoms. The lowest BCUT2D eigenvalue weighted by molar-refractivity contribution is 0.0509. The molecule has 1 aromatic carbocycles. The minimum atomic E-state index is -0.501. The van der Waals surface area contributed by atoms with Gasteiger partial charge in [0.2, 0.25) is 0 Å². The number of esters is 1. The molecule has 0 radical (unpaired) electrons. The van der Waals surface area contributed by atoms with Crippen molar-refractivity contribution < 1.29 is 19.1 Å². The Balaban J connectivity index is 1.50. The van der Waals surface area contributed by atoms with Crippen LogP contribution in [0.3, 0.4) is 0 Å². The SMILES string of the molecule is COc1cccc(C(=O)NCCOC(=O)c2snnc2-c2cccs2)c1. The van der Waals surface area contributed by atoms with Gasteiger partial charge in [-0.25, -0.2) is 4.79 Å². The average Bonchev–Trinajstić information content (AvgIpc) is 3.36. The van der Waals surface area contributed by atoms with Crippen LogP contribution in [0.25, 0.3) is 10.6 Å². The Morgan fingerprint density at radius 1 is 1.23 bits per heavy atom. The highest BCUT2D eigenvalue weighted by Gasteiger charge is 2.19. The number of aromatic nitrogens is 2. The second-order valence-electron chi connectivity index (χ2n) is 5.05. The van der Waals surface area contributed by atoms with Gasteiger partial charge >= 0.3 is 5.97 Å². The van der Waals surface area contributed by atoms with Gasteiger partial charge in [-0.05, 0) is 41.2 Å². The summed E-state index contributed by atoms with van der Waals surface area (Å²) >= 11 is 2.47. The molecule has 0 saturated carbocycles. The first-order valence-electron chi connectivity index (χ1n) is 7.64. The molecular formula is C17H15N3O4S2. The van der Waals surface area contributed by atoms with E-state index in [9.17, 15) is 9.59 Å². The van der Waals surface area contributed by atoms with Crippen LogP contribution < -0.4 is 10.1 Å². The van der Waals surface area contributed by atoms with Crippen molar-refractivity contribution in [3.05, 3.63) is 52.2 Å². The molecule has 0 aliphatic rings. The monoisotopic (exact) mass is 389 g/mol. The molecule has 0 aliphatic carbocycles. The summed E-state index contributed by atoms with van der Waals surface area (Å²) < 4.78 is 14.1. The third-order valence-electron chi connectivity index (χ3n) is 3.38. The van der Waals surface area contributed by atoms with Crippen LogP contribution in [0.1, 0.15) is 20.0 Å². The minimum Gasteiger partial charge on any atom is -0.497 e. The van der Waals surface area contributed by atoms with Crippen LogP contribution in [0.4, 0.5) is 0 Å². The van der Waals surface area contributed by atoms with Crippen LogP contribution in [-0.2, 0) is 4.74 Å². The van der Waals surface area contributed by atoms with Crippen molar-refractivity contribution in [1.82, 2.24) is 14.9 Å². The van der Waals surface area contributed by atoms with Crippen LogP contribution in [0.2, 0.25) is 0 Å². The number of thiophene rings is 1. The third-order valence-corrected chi connectivity index (χ3v) is 4.96. The van der Waals surface area contributed by atoms with Crippen LogP contribution in [0, 0.1) is 0 Å². The zero-order valence-electron chi connectivity index (χ0n) is 13.8. The van der Waals surface area contributed by atoms with Crippen molar-refractivity contribution in [2.45, 2.75) is 0 Å². The first kappa shape index (κ1) is 18.0. The largest absolute Gasteiger partial charge is 0.497 e. The number of nitrogens with zero attached hydrogens (tertiary/aromatic N) is 2. The van der Waals surface area contributed by atoms with Crippen molar-refractivity contribution in [2.75, 3.05) is 20.3 Å². The lowest BCUT2D eigenvalue weighted by atomic mass is 10.2. The van der Waals surface area contributed by atoms with E-state index in [0.717, 1.165) is 16.4 Å². The summed E-state index contributed by atoms with van der Waals surface area (Å²) in [4.78, 5) is 25.5. The van der Waals surface area contributed by atoms with Gasteiger partial charge in [0, 0.05) is 5.56 Å². The number of benzene rings is 1. The Morgan fingerprint density at radius 3 is 2.88 bits per heavy atom. The first-order chi connectivity index (χ1) is 12.7. The Bertz CT molecular complexity index is 893. The summed E-state index contributed by atoms with van der Waals surface area (Å²) in [5.74, 6) is -0.166. The molecule has 0 fully saturated rings. The van der Waals surface area contributed by atoms with E-state index in [1.54, 1.807) is 24.3 Å². The molecule has 7 nitrogen and oxygen atoms in total. The predicted molar refractivity (Wildman–Crippen MR) is 98.8 cm³/mol. The maximum absolute atomic E-state index is 12.2. The summed E-state index contributed by atoms with van der Waals surface area (Å²) in [6.07, 6.45) is 0. The Hall–Kier alpha value is -2.78. The molecule has 1 amide bonds. The number of methoxy groups -OCH3 is 1. The summed E-state index contributed by atoms with van der Waals surface area (Å²) in [6, 6.07) is 10.6. The van der Waals surface area contributed by atoms with Gasteiger partial charge < -0.3 is 14.8 Å². The number of hydrogen-bond acceptors (Lipinski definition) is 8. The highest BCUT2D eigenvalue weighted by atomic mass is 32.1. The molecule has 3 rings (SSSR count). The molecule has 26 heavy (non-hydrogen) atoms. The zero-order chi connectivity index (χ0) is 18.4. The molecule has 0 atom stereocenters. The van der Waals surface area contributed by atoms with E-state index in [-0.39, 0.29) is 19.1 Å². The van der Waals surface area contributed by atoms with E-state index < -0.39 is 5.97 Å². The highest BCUT2D eigenvalue weighted by Crippen LogP contribution is 2.28. The van der Waals surface area contributed by atoms with Gasteiger partial charge in [0.15, 0.2) is 4.88 Å². The maximum Gasteiger partial charge on any atom is 0.352 e. The standard InChI is InChI=1S/C17H15N3O4S2/c1-23-12-5-2-4-11(10-12)16(21)18-7-8-24-17(22)15-14(19-20-26-15)13-6-3-9-25-13/h2-6,9-10H,7-8H2,1H3,(H,18,21). The number of carbonyl (C=O) groups excluding carboxylic acids is 2. The molecular weight excluding hydrogens is 374 g/mol. The fourth-order valence-corrected chi connectivity index (χ4v) is 3.49. The van der Waals surface area contributed by atoms with Gasteiger partial charge in [-0.15, -0.1) is 16.4 Å². The Labute approximate surface area is 157 Å². The zero-order valence-corrected chi connectivity index (χ0v) is 15.4. The topological polar surface area (TPSA) is 90.4 Å². The maximum atomic E-state index is 12.2. The summed E-state index contributed by atoms with van der Waals surface area (Å²) in [7, 11) is 1.54. The average molecular weight is 389 g/mol. The summed E-state index contributed by atoms with van der Waals surface area (Å²) in [5.41, 5.74) is 0.998. The van der Waals surface area contributed by atoms with Gasteiger partial charge in [0.25, 0.3) is 5.91 Å². The van der Waals surface area contributed by atoms with E-state index in [1.807, 2.05) is 17.5 Å². The van der Waals surface area contributed by atoms with Crippen LogP contribution in [0.15, 0.2) is 41.8 Å². The quantitative estimate of drug-likeness (QED) is 0.494. The molecule has 0 unspecified atom stereocenters. The van der Waals surface area contributed by atoms with Gasteiger partial charge in [-0.1, -0.05) is 16.6 Å². The number of ether oxygens (including phenoxy) is 2. The smallest absolute Gasteiger partial charge is 0.352 e. The van der Waals surface area contributed by atoms with Crippen molar-refractivity contribution in [2.24, 2.45) is 0 Å². The summed E-state index contributed by atoms with van der Waals surface area (Å²) in [5, 5.41) is 8.58. The highest BCUT2D eigenvalue weighted by molar-refractivity contribution is 7.14. The predicted octanol–water partition coefficient (Wildman–Crippen LogP) is 2.86. The van der Waals surface area contributed by atoms with E-state index >= 15 is 0 Å². The normalized spacial score (nSPS) is 10.3. The number of carbonyl (C=O) groups is 2. The van der Waals surface area contributed by atoms with Gasteiger partial charge in [-0.3, -0.25) is 4.79 Å². The molecule has 2 heterocycles. The molecule has 0 spiro atoms. The fraction of sp³-hybridized carbons (Fsp3) is 0.176. The molecule has 3 aromatic rings. The van der Waals surface area contributed by atoms with Gasteiger partial charge in [0.05, 0.1) is 18.5 Å². The number of rotatable bonds is 7. The molecule has 0 aliphatic heterocycles. The molecule has 1 N–H and O–H groups in total. The van der Waals surface area contributed by atoms with E-state index in [0.29, 0.717) is 21.9 Å². The van der Waals surface area contributed by atoms with E-state index in [4.69, 9.17) is 9.47 Å². The Kier molecular flexibility index (Phi) is 5.92. The lowest BCUT2D eigenvalue weighted by Crippen LogP contribution is -2.28. The van der Waals surface area contributed by atoms with Crippen LogP contribution in [-0.4, -0.2) is 41.7 Å². The van der Waals surface area contributed by atoms with Crippen molar-refractivity contribution in [3.8, 4) is 16.3 Å². The molecule has 134 valence electrons. The summed E-state index contributed by atoms with van der Waals surface area (Å²) in [6.45, 7) is 0.249. The van der Waals surface area contributed by atoms with Gasteiger partial charge in [-0.2, -0.15) is 0 Å². The van der Waals surface area contributed by atoms with Crippen LogP contribution in [0.5, 0.6) is 5.75 Å². The molecule has 0 saturated heterocycles. The first-order valence-corrected chi connectivity index (χ1v) is 9.30. The van der Waals surface area contributed by atoms with Gasteiger partial charge in [0.1, 0.15) is 18.1 Å².